The lowest BCUT2D eigenvalue weighted by atomic mass is 10.1. The largest absolute Gasteiger partial charge is 0.263 e. The Bertz CT molecular complexity index is 785. The van der Waals surface area contributed by atoms with Crippen molar-refractivity contribution in [3.8, 4) is 16.0 Å². The van der Waals surface area contributed by atoms with Crippen LogP contribution in [0.5, 0.6) is 0 Å². The van der Waals surface area contributed by atoms with Gasteiger partial charge in [-0.3, -0.25) is 4.98 Å². The number of hydrogen-bond donors (Lipinski definition) is 0. The number of hydrogen-bond acceptors (Lipinski definition) is 5. The summed E-state index contributed by atoms with van der Waals surface area (Å²) in [7, 11) is 0. The monoisotopic (exact) mass is 331 g/mol. The summed E-state index contributed by atoms with van der Waals surface area (Å²) < 4.78 is 0. The molecule has 0 saturated carbocycles. The maximum atomic E-state index is 9.01. The summed E-state index contributed by atoms with van der Waals surface area (Å²) in [6.07, 6.45) is 9.01. The summed E-state index contributed by atoms with van der Waals surface area (Å²) in [5.74, 6) is 0. The highest BCUT2D eigenvalue weighted by Gasteiger charge is 2.04. The number of thiophene rings is 1. The summed E-state index contributed by atoms with van der Waals surface area (Å²) in [5.41, 5.74) is 1.44. The van der Waals surface area contributed by atoms with E-state index >= 15 is 0 Å². The van der Waals surface area contributed by atoms with Gasteiger partial charge in [0.15, 0.2) is 0 Å². The fraction of sp³-hybridized carbons (Fsp3) is 0. The van der Waals surface area contributed by atoms with E-state index in [-0.39, 0.29) is 12.4 Å². The van der Waals surface area contributed by atoms with Gasteiger partial charge >= 0.3 is 0 Å². The number of aromatic nitrogens is 2. The molecule has 0 aromatic carbocycles. The molecule has 6 heteroatoms. The minimum absolute atomic E-state index is 0. The van der Waals surface area contributed by atoms with Gasteiger partial charge in [0, 0.05) is 23.5 Å². The summed E-state index contributed by atoms with van der Waals surface area (Å²) in [4.78, 5) is 10.6. The molecular weight excluding hydrogens is 322 g/mol. The van der Waals surface area contributed by atoms with Crippen LogP contribution in [0.15, 0.2) is 42.2 Å². The van der Waals surface area contributed by atoms with Crippen molar-refractivity contribution >= 4 is 47.2 Å². The third kappa shape index (κ3) is 3.56. The lowest BCUT2D eigenvalue weighted by Crippen LogP contribution is -1.82. The van der Waals surface area contributed by atoms with Crippen molar-refractivity contribution in [2.75, 3.05) is 0 Å². The number of halogens is 1. The van der Waals surface area contributed by atoms with Crippen LogP contribution in [0.1, 0.15) is 16.0 Å². The molecule has 0 aliphatic rings. The molecule has 0 atom stereocenters. The molecule has 3 rings (SSSR count). The van der Waals surface area contributed by atoms with Gasteiger partial charge in [-0.1, -0.05) is 12.1 Å². The lowest BCUT2D eigenvalue weighted by Gasteiger charge is -1.94. The van der Waals surface area contributed by atoms with Crippen LogP contribution < -0.4 is 0 Å². The number of rotatable bonds is 3. The normalized spacial score (nSPS) is 10.2. The van der Waals surface area contributed by atoms with E-state index in [0.717, 1.165) is 15.4 Å². The van der Waals surface area contributed by atoms with Gasteiger partial charge in [0.25, 0.3) is 0 Å². The molecule has 0 N–H and O–H groups in total. The zero-order valence-corrected chi connectivity index (χ0v) is 13.2. The highest BCUT2D eigenvalue weighted by molar-refractivity contribution is 7.21. The molecule has 0 aliphatic carbocycles. The van der Waals surface area contributed by atoms with Gasteiger partial charge in [-0.05, 0) is 29.2 Å². The van der Waals surface area contributed by atoms with Crippen LogP contribution in [0.25, 0.3) is 22.0 Å². The Balaban J connectivity index is 0.00000161. The molecule has 0 spiro atoms. The van der Waals surface area contributed by atoms with Crippen LogP contribution in [-0.4, -0.2) is 9.97 Å². The van der Waals surface area contributed by atoms with Crippen molar-refractivity contribution in [3.05, 3.63) is 58.2 Å². The van der Waals surface area contributed by atoms with Crippen LogP contribution in [0.4, 0.5) is 0 Å². The molecule has 3 heterocycles. The minimum atomic E-state index is 0. The maximum Gasteiger partial charge on any atom is 0.133 e. The molecule has 3 aromatic heterocycles. The predicted molar refractivity (Wildman–Crippen MR) is 90.6 cm³/mol. The molecule has 3 nitrogen and oxygen atoms in total. The Morgan fingerprint density at radius 2 is 2.10 bits per heavy atom. The molecule has 0 fully saturated rings. The number of thiazole rings is 1. The molecule has 3 aromatic rings. The van der Waals surface area contributed by atoms with Crippen molar-refractivity contribution < 1.29 is 0 Å². The fourth-order valence-electron chi connectivity index (χ4n) is 1.69. The SMILES string of the molecule is Cl.N#Cc1cnccc1/C=C/c1cnc(-c2cccs2)s1. The second-order valence-corrected chi connectivity index (χ2v) is 5.96. The zero-order chi connectivity index (χ0) is 13.8. The van der Waals surface area contributed by atoms with E-state index in [0.29, 0.717) is 5.56 Å². The standard InChI is InChI=1S/C15H9N3S2.ClH/c16-8-12-9-17-6-5-11(12)3-4-13-10-18-15(20-13)14-2-1-7-19-14;/h1-7,9-10H;1H/b4-3+;. The van der Waals surface area contributed by atoms with E-state index in [1.54, 1.807) is 35.1 Å². The summed E-state index contributed by atoms with van der Waals surface area (Å²) in [5, 5.41) is 12.1. The van der Waals surface area contributed by atoms with Crippen molar-refractivity contribution in [2.45, 2.75) is 0 Å². The van der Waals surface area contributed by atoms with E-state index in [9.17, 15) is 0 Å². The molecule has 0 bridgehead atoms. The van der Waals surface area contributed by atoms with Crippen molar-refractivity contribution in [1.29, 1.82) is 5.26 Å². The Labute approximate surface area is 136 Å². The van der Waals surface area contributed by atoms with E-state index in [1.165, 1.54) is 4.88 Å². The molecule has 21 heavy (non-hydrogen) atoms. The van der Waals surface area contributed by atoms with Gasteiger partial charge in [-0.15, -0.1) is 35.1 Å². The second-order valence-electron chi connectivity index (χ2n) is 3.95. The van der Waals surface area contributed by atoms with Gasteiger partial charge < -0.3 is 0 Å². The third-order valence-electron chi connectivity index (χ3n) is 2.66. The Morgan fingerprint density at radius 1 is 1.19 bits per heavy atom. The van der Waals surface area contributed by atoms with E-state index < -0.39 is 0 Å². The smallest absolute Gasteiger partial charge is 0.133 e. The molecule has 0 unspecified atom stereocenters. The summed E-state index contributed by atoms with van der Waals surface area (Å²) in [6, 6.07) is 8.05. The number of nitriles is 1. The molecule has 0 amide bonds. The maximum absolute atomic E-state index is 9.01. The van der Waals surface area contributed by atoms with Gasteiger partial charge in [0.2, 0.25) is 0 Å². The molecule has 0 saturated heterocycles. The van der Waals surface area contributed by atoms with Crippen molar-refractivity contribution in [2.24, 2.45) is 0 Å². The highest BCUT2D eigenvalue weighted by Crippen LogP contribution is 2.29. The first-order valence-electron chi connectivity index (χ1n) is 5.89. The minimum Gasteiger partial charge on any atom is -0.263 e. The van der Waals surface area contributed by atoms with Gasteiger partial charge in [0.1, 0.15) is 11.1 Å². The predicted octanol–water partition coefficient (Wildman–Crippen LogP) is 4.73. The topological polar surface area (TPSA) is 49.6 Å². The zero-order valence-electron chi connectivity index (χ0n) is 10.8. The Morgan fingerprint density at radius 3 is 2.86 bits per heavy atom. The quantitative estimate of drug-likeness (QED) is 0.697. The van der Waals surface area contributed by atoms with Gasteiger partial charge in [-0.25, -0.2) is 4.98 Å². The number of nitrogens with zero attached hydrogens (tertiary/aromatic N) is 3. The van der Waals surface area contributed by atoms with Crippen LogP contribution in [0, 0.1) is 11.3 Å². The highest BCUT2D eigenvalue weighted by atomic mass is 35.5. The first kappa shape index (κ1) is 15.4. The first-order valence-corrected chi connectivity index (χ1v) is 7.58. The van der Waals surface area contributed by atoms with E-state index in [4.69, 9.17) is 5.26 Å². The second kappa shape index (κ2) is 7.14. The number of pyridine rings is 1. The average Bonchev–Trinajstić information content (AvgIpc) is 3.16. The molecule has 104 valence electrons. The van der Waals surface area contributed by atoms with Crippen LogP contribution >= 0.6 is 35.1 Å². The fourth-order valence-corrected chi connectivity index (χ4v) is 3.32. The molecule has 0 radical (unpaired) electrons. The van der Waals surface area contributed by atoms with Crippen LogP contribution in [0.2, 0.25) is 0 Å². The van der Waals surface area contributed by atoms with E-state index in [2.05, 4.69) is 22.1 Å². The van der Waals surface area contributed by atoms with Crippen molar-refractivity contribution in [1.82, 2.24) is 9.97 Å². The van der Waals surface area contributed by atoms with Gasteiger partial charge in [-0.2, -0.15) is 5.26 Å². The summed E-state index contributed by atoms with van der Waals surface area (Å²) >= 11 is 3.32. The molecule has 0 aliphatic heterocycles. The van der Waals surface area contributed by atoms with Crippen LogP contribution in [-0.2, 0) is 0 Å². The Hall–Kier alpha value is -2.00. The Kier molecular flexibility index (Phi) is 5.23. The van der Waals surface area contributed by atoms with Crippen molar-refractivity contribution in [3.63, 3.8) is 0 Å². The first-order chi connectivity index (χ1) is 9.86. The average molecular weight is 332 g/mol. The lowest BCUT2D eigenvalue weighted by molar-refractivity contribution is 1.29. The van der Waals surface area contributed by atoms with Crippen LogP contribution in [0.3, 0.4) is 0 Å². The molecular formula is C15H10ClN3S2. The van der Waals surface area contributed by atoms with Gasteiger partial charge in [0.05, 0.1) is 10.4 Å². The summed E-state index contributed by atoms with van der Waals surface area (Å²) in [6.45, 7) is 0. The van der Waals surface area contributed by atoms with E-state index in [1.807, 2.05) is 35.9 Å². The third-order valence-corrected chi connectivity index (χ3v) is 4.66.